The van der Waals surface area contributed by atoms with Crippen molar-refractivity contribution in [3.05, 3.63) is 145 Å². The molecule has 0 amide bonds. The second-order valence-electron chi connectivity index (χ2n) is 11.7. The molecular formula is C39H29FIrN4O-2. The van der Waals surface area contributed by atoms with Crippen LogP contribution in [0.3, 0.4) is 0 Å². The summed E-state index contributed by atoms with van der Waals surface area (Å²) in [6.07, 6.45) is 3.60. The number of hydrogen-bond donors (Lipinski definition) is 0. The zero-order chi connectivity index (χ0) is 31.0. The molecule has 0 saturated carbocycles. The Morgan fingerprint density at radius 3 is 2.30 bits per heavy atom. The maximum absolute atomic E-state index is 13.9. The molecule has 4 heterocycles. The van der Waals surface area contributed by atoms with Crippen LogP contribution in [0, 0.1) is 17.9 Å². The second-order valence-corrected chi connectivity index (χ2v) is 11.7. The fourth-order valence-corrected chi connectivity index (χ4v) is 5.53. The molecular weight excluding hydrogens is 752 g/mol. The van der Waals surface area contributed by atoms with Crippen LogP contribution >= 0.6 is 0 Å². The molecule has 0 saturated heterocycles. The van der Waals surface area contributed by atoms with Crippen LogP contribution in [0.5, 0.6) is 0 Å². The molecule has 0 aliphatic carbocycles. The Balaban J connectivity index is 0.000000241. The molecule has 0 atom stereocenters. The van der Waals surface area contributed by atoms with Crippen LogP contribution in [-0.2, 0) is 25.5 Å². The van der Waals surface area contributed by atoms with Gasteiger partial charge in [0.15, 0.2) is 0 Å². The number of halogens is 1. The first-order valence-corrected chi connectivity index (χ1v) is 14.7. The average Bonchev–Trinajstić information content (AvgIpc) is 3.64. The van der Waals surface area contributed by atoms with Crippen LogP contribution in [0.1, 0.15) is 26.5 Å². The summed E-state index contributed by atoms with van der Waals surface area (Å²) in [6, 6.07) is 40.6. The topological polar surface area (TPSA) is 56.7 Å². The van der Waals surface area contributed by atoms with Crippen molar-refractivity contribution < 1.29 is 28.9 Å². The number of para-hydroxylation sites is 1. The number of hydrogen-bond acceptors (Lipinski definition) is 4. The van der Waals surface area contributed by atoms with Crippen LogP contribution in [0.4, 0.5) is 4.39 Å². The number of aromatic nitrogens is 4. The zero-order valence-corrected chi connectivity index (χ0v) is 27.9. The molecule has 8 rings (SSSR count). The molecule has 5 nitrogen and oxygen atoms in total. The summed E-state index contributed by atoms with van der Waals surface area (Å²) in [5, 5.41) is 1.76. The maximum Gasteiger partial charge on any atom is 0.126 e. The van der Waals surface area contributed by atoms with E-state index < -0.39 is 0 Å². The van der Waals surface area contributed by atoms with E-state index in [9.17, 15) is 4.39 Å². The van der Waals surface area contributed by atoms with E-state index in [1.807, 2.05) is 85.1 Å². The van der Waals surface area contributed by atoms with Crippen molar-refractivity contribution in [2.75, 3.05) is 0 Å². The van der Waals surface area contributed by atoms with E-state index in [1.165, 1.54) is 12.1 Å². The van der Waals surface area contributed by atoms with E-state index in [4.69, 9.17) is 14.4 Å². The molecule has 7 heteroatoms. The number of imidazole rings is 1. The van der Waals surface area contributed by atoms with Gasteiger partial charge in [-0.25, -0.2) is 4.39 Å². The fourth-order valence-electron chi connectivity index (χ4n) is 5.53. The van der Waals surface area contributed by atoms with Gasteiger partial charge in [-0.2, -0.15) is 0 Å². The van der Waals surface area contributed by atoms with Crippen molar-refractivity contribution in [3.63, 3.8) is 0 Å². The Bertz CT molecular complexity index is 2220. The molecule has 0 fully saturated rings. The quantitative estimate of drug-likeness (QED) is 0.168. The first-order valence-electron chi connectivity index (χ1n) is 14.7. The summed E-state index contributed by atoms with van der Waals surface area (Å²) in [6.45, 7) is 6.45. The SMILES string of the molecule is CC(C)(C)c1nccc2nc(-c3[c-]ccc4c3oc3cc(F)ccc34)n(-c3ccccc3)c12.[Ir].[c-]1ccccc1-c1ccccn1. The monoisotopic (exact) mass is 781 g/mol. The fraction of sp³-hybridized carbons (Fsp3) is 0.103. The summed E-state index contributed by atoms with van der Waals surface area (Å²) in [7, 11) is 0. The van der Waals surface area contributed by atoms with Crippen molar-refractivity contribution in [3.8, 4) is 28.3 Å². The smallest absolute Gasteiger partial charge is 0.126 e. The van der Waals surface area contributed by atoms with Gasteiger partial charge >= 0.3 is 0 Å². The summed E-state index contributed by atoms with van der Waals surface area (Å²) >= 11 is 0. The molecule has 4 aromatic heterocycles. The molecule has 0 spiro atoms. The van der Waals surface area contributed by atoms with Gasteiger partial charge in [-0.3, -0.25) is 9.97 Å². The van der Waals surface area contributed by atoms with Crippen LogP contribution in [0.25, 0.3) is 61.3 Å². The normalized spacial score (nSPS) is 11.3. The third-order valence-corrected chi connectivity index (χ3v) is 7.56. The van der Waals surface area contributed by atoms with Crippen molar-refractivity contribution in [2.45, 2.75) is 26.2 Å². The Hall–Kier alpha value is -4.97. The Morgan fingerprint density at radius 2 is 1.57 bits per heavy atom. The molecule has 0 aliphatic rings. The number of benzene rings is 4. The van der Waals surface area contributed by atoms with Gasteiger partial charge in [0.2, 0.25) is 0 Å². The molecule has 0 N–H and O–H groups in total. The number of nitrogens with zero attached hydrogens (tertiary/aromatic N) is 4. The Kier molecular flexibility index (Phi) is 8.63. The molecule has 0 unspecified atom stereocenters. The molecule has 0 aliphatic heterocycles. The molecule has 1 radical (unpaired) electrons. The molecule has 0 bridgehead atoms. The first-order chi connectivity index (χ1) is 21.9. The maximum atomic E-state index is 13.9. The zero-order valence-electron chi connectivity index (χ0n) is 25.5. The third-order valence-electron chi connectivity index (χ3n) is 7.56. The number of pyridine rings is 2. The van der Waals surface area contributed by atoms with Gasteiger partial charge in [-0.05, 0) is 42.1 Å². The Morgan fingerprint density at radius 1 is 0.761 bits per heavy atom. The predicted octanol–water partition coefficient (Wildman–Crippen LogP) is 9.77. The minimum absolute atomic E-state index is 0. The second kappa shape index (κ2) is 12.8. The number of fused-ring (bicyclic) bond motifs is 4. The van der Waals surface area contributed by atoms with Crippen LogP contribution in [-0.4, -0.2) is 19.5 Å². The van der Waals surface area contributed by atoms with Gasteiger partial charge in [0, 0.05) is 55.1 Å². The van der Waals surface area contributed by atoms with Gasteiger partial charge in [0.05, 0.1) is 28.1 Å². The number of rotatable bonds is 3. The van der Waals surface area contributed by atoms with E-state index in [0.29, 0.717) is 17.0 Å². The van der Waals surface area contributed by atoms with Crippen molar-refractivity contribution in [2.24, 2.45) is 0 Å². The van der Waals surface area contributed by atoms with Crippen molar-refractivity contribution >= 4 is 33.0 Å². The van der Waals surface area contributed by atoms with Gasteiger partial charge in [-0.15, -0.1) is 54.1 Å². The van der Waals surface area contributed by atoms with Gasteiger partial charge in [-0.1, -0.05) is 62.1 Å². The van der Waals surface area contributed by atoms with E-state index in [0.717, 1.165) is 50.0 Å². The summed E-state index contributed by atoms with van der Waals surface area (Å²) in [5.74, 6) is 0.379. The number of furan rings is 1. The molecule has 46 heavy (non-hydrogen) atoms. The van der Waals surface area contributed by atoms with Crippen LogP contribution < -0.4 is 0 Å². The first kappa shape index (κ1) is 31.0. The minimum Gasteiger partial charge on any atom is -0.500 e. The van der Waals surface area contributed by atoms with E-state index in [2.05, 4.69) is 54.6 Å². The van der Waals surface area contributed by atoms with Crippen molar-refractivity contribution in [1.29, 1.82) is 0 Å². The largest absolute Gasteiger partial charge is 0.500 e. The van der Waals surface area contributed by atoms with Gasteiger partial charge < -0.3 is 14.0 Å². The summed E-state index contributed by atoms with van der Waals surface area (Å²) in [5.41, 5.74) is 7.43. The average molecular weight is 781 g/mol. The van der Waals surface area contributed by atoms with E-state index in [1.54, 1.807) is 12.3 Å². The standard InChI is InChI=1S/C28H21FN3O.C11H8N.Ir/c1-28(2,3)26-24-22(14-15-30-26)31-27(32(24)18-8-5-4-6-9-18)21-11-7-10-20-19-13-12-17(29)16-23(19)33-25(20)21;1-2-6-10(7-3-1)11-8-4-5-9-12-11;/h4-10,12-16H,1-3H3;1-6,8-9H;/q2*-1;. The van der Waals surface area contributed by atoms with Gasteiger partial charge in [0.1, 0.15) is 11.4 Å². The molecule has 229 valence electrons. The Labute approximate surface area is 280 Å². The third kappa shape index (κ3) is 5.87. The van der Waals surface area contributed by atoms with Crippen molar-refractivity contribution in [1.82, 2.24) is 19.5 Å². The molecule has 8 aromatic rings. The van der Waals surface area contributed by atoms with E-state index >= 15 is 0 Å². The summed E-state index contributed by atoms with van der Waals surface area (Å²) in [4.78, 5) is 14.0. The molecule has 4 aromatic carbocycles. The predicted molar refractivity (Wildman–Crippen MR) is 178 cm³/mol. The van der Waals surface area contributed by atoms with Crippen LogP contribution in [0.2, 0.25) is 0 Å². The van der Waals surface area contributed by atoms with Crippen LogP contribution in [0.15, 0.2) is 126 Å². The van der Waals surface area contributed by atoms with E-state index in [-0.39, 0.29) is 31.3 Å². The van der Waals surface area contributed by atoms with Gasteiger partial charge in [0.25, 0.3) is 0 Å². The minimum atomic E-state index is -0.329. The summed E-state index contributed by atoms with van der Waals surface area (Å²) < 4.78 is 22.2.